The molecular weight excluding hydrogens is 232 g/mol. The molecule has 7 nitrogen and oxygen atoms in total. The van der Waals surface area contributed by atoms with E-state index in [9.17, 15) is 0 Å². The number of aliphatic hydroxyl groups excluding tert-OH is 6. The Morgan fingerprint density at radius 3 is 1.06 bits per heavy atom. The van der Waals surface area contributed by atoms with Crippen molar-refractivity contribution in [2.24, 2.45) is 0 Å². The van der Waals surface area contributed by atoms with Crippen molar-refractivity contribution in [3.05, 3.63) is 0 Å². The van der Waals surface area contributed by atoms with Gasteiger partial charge in [0.25, 0.3) is 0 Å². The summed E-state index contributed by atoms with van der Waals surface area (Å²) in [6.45, 7) is 3.78. The van der Waals surface area contributed by atoms with Crippen molar-refractivity contribution < 1.29 is 35.7 Å². The second-order valence-corrected chi connectivity index (χ2v) is 4.65. The van der Waals surface area contributed by atoms with E-state index in [0.29, 0.717) is 0 Å². The van der Waals surface area contributed by atoms with Gasteiger partial charge in [-0.1, -0.05) is 0 Å². The van der Waals surface area contributed by atoms with Gasteiger partial charge in [-0.05, 0) is 20.8 Å². The number of hydrogen-bond acceptors (Lipinski definition) is 7. The van der Waals surface area contributed by atoms with E-state index in [1.165, 1.54) is 0 Å². The lowest BCUT2D eigenvalue weighted by Gasteiger charge is -2.24. The van der Waals surface area contributed by atoms with E-state index in [2.05, 4.69) is 0 Å². The van der Waals surface area contributed by atoms with Crippen LogP contribution < -0.4 is 0 Å². The van der Waals surface area contributed by atoms with Gasteiger partial charge in [0.1, 0.15) is 24.4 Å². The highest BCUT2D eigenvalue weighted by atomic mass is 16.4. The van der Waals surface area contributed by atoms with E-state index in [1.54, 1.807) is 20.8 Å². The molecule has 7 N–H and O–H groups in total. The highest BCUT2D eigenvalue weighted by Gasteiger charge is 2.29. The van der Waals surface area contributed by atoms with Crippen molar-refractivity contribution in [2.45, 2.75) is 50.8 Å². The van der Waals surface area contributed by atoms with Gasteiger partial charge in [-0.25, -0.2) is 0 Å². The van der Waals surface area contributed by atoms with Crippen molar-refractivity contribution in [3.8, 4) is 0 Å². The molecule has 0 heterocycles. The van der Waals surface area contributed by atoms with Crippen LogP contribution in [0.5, 0.6) is 0 Å². The Morgan fingerprint density at radius 2 is 0.941 bits per heavy atom. The lowest BCUT2D eigenvalue weighted by molar-refractivity contribution is -0.123. The normalized spacial score (nSPS) is 18.7. The Kier molecular flexibility index (Phi) is 9.82. The first kappa shape index (κ1) is 19.1. The van der Waals surface area contributed by atoms with Crippen molar-refractivity contribution in [2.75, 3.05) is 13.2 Å². The first-order valence-corrected chi connectivity index (χ1v) is 5.21. The van der Waals surface area contributed by atoms with Gasteiger partial charge >= 0.3 is 0 Å². The lowest BCUT2D eigenvalue weighted by Crippen LogP contribution is -2.46. The zero-order chi connectivity index (χ0) is 14.2. The Hall–Kier alpha value is -0.280. The molecule has 0 saturated carbocycles. The van der Waals surface area contributed by atoms with Crippen LogP contribution in [0.15, 0.2) is 0 Å². The maximum atomic E-state index is 8.96. The van der Waals surface area contributed by atoms with E-state index in [1.807, 2.05) is 0 Å². The molecule has 0 unspecified atom stereocenters. The minimum atomic E-state index is -1.67. The summed E-state index contributed by atoms with van der Waals surface area (Å²) in [5, 5.41) is 60.7. The first-order valence-electron chi connectivity index (χ1n) is 5.21. The molecule has 0 fully saturated rings. The standard InChI is InChI=1S/C6H14O6.C4H10O/c7-1-3(9)5(11)6(12)4(10)2-8;1-4(2,3)5/h3-12H,1-2H2;5H,1-3H3/t3-,4-,5-,6-;/m1./s1. The Balaban J connectivity index is 0. The SMILES string of the molecule is CC(C)(C)O.OC[C@@H](O)[C@@H](O)[C@H](O)[C@H](O)CO. The Morgan fingerprint density at radius 1 is 0.765 bits per heavy atom. The molecule has 0 aromatic carbocycles. The lowest BCUT2D eigenvalue weighted by atomic mass is 10.0. The third-order valence-corrected chi connectivity index (χ3v) is 1.51. The summed E-state index contributed by atoms with van der Waals surface area (Å²) < 4.78 is 0. The van der Waals surface area contributed by atoms with Crippen LogP contribution in [0.1, 0.15) is 20.8 Å². The highest BCUT2D eigenvalue weighted by Crippen LogP contribution is 2.04. The van der Waals surface area contributed by atoms with Crippen LogP contribution >= 0.6 is 0 Å². The maximum Gasteiger partial charge on any atom is 0.111 e. The highest BCUT2D eigenvalue weighted by molar-refractivity contribution is 4.79. The fraction of sp³-hybridized carbons (Fsp3) is 1.00. The van der Waals surface area contributed by atoms with Crippen molar-refractivity contribution >= 4 is 0 Å². The van der Waals surface area contributed by atoms with Crippen LogP contribution in [0.25, 0.3) is 0 Å². The van der Waals surface area contributed by atoms with Crippen LogP contribution in [0.3, 0.4) is 0 Å². The van der Waals surface area contributed by atoms with E-state index in [4.69, 9.17) is 35.7 Å². The number of rotatable bonds is 5. The molecule has 0 aliphatic rings. The summed E-state index contributed by atoms with van der Waals surface area (Å²) in [6.07, 6.45) is -6.39. The van der Waals surface area contributed by atoms with Crippen molar-refractivity contribution in [3.63, 3.8) is 0 Å². The summed E-state index contributed by atoms with van der Waals surface area (Å²) in [6, 6.07) is 0. The van der Waals surface area contributed by atoms with Gasteiger partial charge in [-0.15, -0.1) is 0 Å². The van der Waals surface area contributed by atoms with E-state index in [0.717, 1.165) is 0 Å². The van der Waals surface area contributed by atoms with Gasteiger partial charge in [0.05, 0.1) is 18.8 Å². The van der Waals surface area contributed by atoms with Gasteiger partial charge in [0.15, 0.2) is 0 Å². The summed E-state index contributed by atoms with van der Waals surface area (Å²) in [5.74, 6) is 0. The van der Waals surface area contributed by atoms with Gasteiger partial charge in [-0.2, -0.15) is 0 Å². The minimum Gasteiger partial charge on any atom is -0.394 e. The van der Waals surface area contributed by atoms with Gasteiger partial charge in [0.2, 0.25) is 0 Å². The Bertz CT molecular complexity index is 160. The molecule has 7 heteroatoms. The fourth-order valence-electron chi connectivity index (χ4n) is 0.671. The largest absolute Gasteiger partial charge is 0.394 e. The third-order valence-electron chi connectivity index (χ3n) is 1.51. The van der Waals surface area contributed by atoms with Crippen LogP contribution in [-0.2, 0) is 0 Å². The predicted octanol–water partition coefficient (Wildman–Crippen LogP) is -2.81. The summed E-state index contributed by atoms with van der Waals surface area (Å²) in [7, 11) is 0. The average Bonchev–Trinajstić information content (AvgIpc) is 2.22. The zero-order valence-electron chi connectivity index (χ0n) is 10.4. The van der Waals surface area contributed by atoms with Crippen LogP contribution in [0.2, 0.25) is 0 Å². The van der Waals surface area contributed by atoms with Gasteiger partial charge < -0.3 is 35.7 Å². The maximum absolute atomic E-state index is 8.96. The molecule has 0 aliphatic carbocycles. The average molecular weight is 256 g/mol. The zero-order valence-corrected chi connectivity index (χ0v) is 10.4. The molecular formula is C10H24O7. The molecule has 0 amide bonds. The minimum absolute atomic E-state index is 0.500. The second kappa shape index (κ2) is 8.76. The molecule has 0 aliphatic heterocycles. The molecule has 17 heavy (non-hydrogen) atoms. The summed E-state index contributed by atoms with van der Waals surface area (Å²) in [4.78, 5) is 0. The Labute approximate surface area is 101 Å². The first-order chi connectivity index (χ1) is 7.54. The monoisotopic (exact) mass is 256 g/mol. The topological polar surface area (TPSA) is 142 Å². The van der Waals surface area contributed by atoms with E-state index in [-0.39, 0.29) is 0 Å². The summed E-state index contributed by atoms with van der Waals surface area (Å²) >= 11 is 0. The second-order valence-electron chi connectivity index (χ2n) is 4.65. The number of hydrogen-bond donors (Lipinski definition) is 7. The number of aliphatic hydroxyl groups is 7. The molecule has 0 spiro atoms. The molecule has 106 valence electrons. The van der Waals surface area contributed by atoms with Gasteiger partial charge in [0, 0.05) is 0 Å². The van der Waals surface area contributed by atoms with Crippen LogP contribution in [0.4, 0.5) is 0 Å². The van der Waals surface area contributed by atoms with Crippen molar-refractivity contribution in [1.29, 1.82) is 0 Å². The molecule has 0 aromatic heterocycles. The molecule has 0 radical (unpaired) electrons. The predicted molar refractivity (Wildman–Crippen MR) is 60.2 cm³/mol. The molecule has 4 atom stereocenters. The van der Waals surface area contributed by atoms with Crippen molar-refractivity contribution in [1.82, 2.24) is 0 Å². The van der Waals surface area contributed by atoms with Crippen LogP contribution in [-0.4, -0.2) is 79.0 Å². The fourth-order valence-corrected chi connectivity index (χ4v) is 0.671. The molecule has 0 saturated heterocycles. The molecule has 0 bridgehead atoms. The van der Waals surface area contributed by atoms with E-state index < -0.39 is 43.2 Å². The van der Waals surface area contributed by atoms with Crippen LogP contribution in [0, 0.1) is 0 Å². The summed E-state index contributed by atoms with van der Waals surface area (Å²) in [5.41, 5.74) is -0.500. The quantitative estimate of drug-likeness (QED) is 0.281. The molecule has 0 rings (SSSR count). The van der Waals surface area contributed by atoms with Gasteiger partial charge in [-0.3, -0.25) is 0 Å². The van der Waals surface area contributed by atoms with E-state index >= 15 is 0 Å². The molecule has 0 aromatic rings. The smallest absolute Gasteiger partial charge is 0.111 e. The third kappa shape index (κ3) is 12.0.